The quantitative estimate of drug-likeness (QED) is 0.126. The summed E-state index contributed by atoms with van der Waals surface area (Å²) in [6.07, 6.45) is 1.42. The molecule has 0 radical (unpaired) electrons. The van der Waals surface area contributed by atoms with Crippen molar-refractivity contribution in [3.8, 4) is 23.0 Å². The molecule has 242 valence electrons. The summed E-state index contributed by atoms with van der Waals surface area (Å²) in [4.78, 5) is 37.4. The van der Waals surface area contributed by atoms with Gasteiger partial charge in [0.15, 0.2) is 29.6 Å². The number of hydrogen-bond acceptors (Lipinski definition) is 9. The third-order valence-corrected chi connectivity index (χ3v) is 7.37. The van der Waals surface area contributed by atoms with E-state index in [9.17, 15) is 14.4 Å². The molecule has 3 N–H and O–H groups in total. The number of amides is 3. The predicted molar refractivity (Wildman–Crippen MR) is 172 cm³/mol. The molecule has 0 spiro atoms. The molecule has 3 aromatic rings. The normalized spacial score (nSPS) is 14.3. The first-order valence-electron chi connectivity index (χ1n) is 14.0. The van der Waals surface area contributed by atoms with Crippen molar-refractivity contribution in [1.82, 2.24) is 16.1 Å². The van der Waals surface area contributed by atoms with Crippen LogP contribution in [0.15, 0.2) is 71.0 Å². The van der Waals surface area contributed by atoms with Gasteiger partial charge in [0.05, 0.1) is 48.7 Å². The van der Waals surface area contributed by atoms with Crippen LogP contribution in [0.3, 0.4) is 0 Å². The van der Waals surface area contributed by atoms with Gasteiger partial charge < -0.3 is 34.3 Å². The Morgan fingerprint density at radius 3 is 2.48 bits per heavy atom. The number of nitrogens with zero attached hydrogens (tertiary/aromatic N) is 1. The van der Waals surface area contributed by atoms with Gasteiger partial charge in [0.2, 0.25) is 0 Å². The van der Waals surface area contributed by atoms with Gasteiger partial charge >= 0.3 is 12.0 Å². The highest BCUT2D eigenvalue weighted by Gasteiger charge is 2.32. The van der Waals surface area contributed by atoms with Gasteiger partial charge in [-0.1, -0.05) is 41.4 Å². The minimum Gasteiger partial charge on any atom is -0.493 e. The summed E-state index contributed by atoms with van der Waals surface area (Å²) in [6, 6.07) is 14.0. The monoisotopic (exact) mass is 670 g/mol. The van der Waals surface area contributed by atoms with Gasteiger partial charge in [0.25, 0.3) is 5.91 Å². The fourth-order valence-electron chi connectivity index (χ4n) is 4.49. The summed E-state index contributed by atoms with van der Waals surface area (Å²) in [5, 5.41) is 10.2. The highest BCUT2D eigenvalue weighted by Crippen LogP contribution is 2.35. The van der Waals surface area contributed by atoms with Crippen molar-refractivity contribution in [2.75, 3.05) is 27.4 Å². The van der Waals surface area contributed by atoms with Gasteiger partial charge in [-0.05, 0) is 61.4 Å². The largest absolute Gasteiger partial charge is 0.493 e. The first-order valence-corrected chi connectivity index (χ1v) is 14.7. The number of urea groups is 1. The first kappa shape index (κ1) is 33.9. The second-order valence-corrected chi connectivity index (χ2v) is 10.5. The third-order valence-electron chi connectivity index (χ3n) is 6.63. The van der Waals surface area contributed by atoms with Crippen molar-refractivity contribution in [3.05, 3.63) is 92.6 Å². The summed E-state index contributed by atoms with van der Waals surface area (Å²) in [6.45, 7) is 3.28. The number of halogens is 2. The summed E-state index contributed by atoms with van der Waals surface area (Å²) in [5.41, 5.74) is 4.95. The average Bonchev–Trinajstić information content (AvgIpc) is 3.04. The topological polar surface area (TPSA) is 146 Å². The number of esters is 1. The Morgan fingerprint density at radius 1 is 0.978 bits per heavy atom. The number of hydrogen-bond donors (Lipinski definition) is 3. The highest BCUT2D eigenvalue weighted by molar-refractivity contribution is 6.42. The summed E-state index contributed by atoms with van der Waals surface area (Å²) in [7, 11) is 2.95. The molecule has 0 unspecified atom stereocenters. The Hall–Kier alpha value is -4.94. The number of carbonyl (C=O) groups is 3. The van der Waals surface area contributed by atoms with Crippen molar-refractivity contribution >= 4 is 47.3 Å². The zero-order chi connectivity index (χ0) is 33.2. The van der Waals surface area contributed by atoms with Crippen molar-refractivity contribution < 1.29 is 38.1 Å². The Morgan fingerprint density at radius 2 is 1.76 bits per heavy atom. The number of ether oxygens (including phenoxy) is 5. The summed E-state index contributed by atoms with van der Waals surface area (Å²) in [5.74, 6) is 0.317. The van der Waals surface area contributed by atoms with Crippen LogP contribution >= 0.6 is 23.2 Å². The molecule has 1 heterocycles. The number of nitrogens with one attached hydrogen (secondary N) is 3. The van der Waals surface area contributed by atoms with Crippen molar-refractivity contribution in [2.45, 2.75) is 26.5 Å². The molecule has 0 bridgehead atoms. The molecule has 14 heteroatoms. The van der Waals surface area contributed by atoms with E-state index >= 15 is 0 Å². The number of allylic oxidation sites excluding steroid dienone is 1. The van der Waals surface area contributed by atoms with Crippen molar-refractivity contribution in [1.29, 1.82) is 0 Å². The second-order valence-electron chi connectivity index (χ2n) is 9.70. The van der Waals surface area contributed by atoms with Crippen molar-refractivity contribution in [3.63, 3.8) is 0 Å². The summed E-state index contributed by atoms with van der Waals surface area (Å²) < 4.78 is 27.8. The lowest BCUT2D eigenvalue weighted by Crippen LogP contribution is -2.45. The van der Waals surface area contributed by atoms with E-state index in [-0.39, 0.29) is 36.9 Å². The zero-order valence-corrected chi connectivity index (χ0v) is 27.0. The molecule has 0 aromatic heterocycles. The number of carbonyl (C=O) groups excluding carboxylic acids is 3. The average molecular weight is 672 g/mol. The van der Waals surface area contributed by atoms with E-state index < -0.39 is 23.9 Å². The second kappa shape index (κ2) is 15.9. The lowest BCUT2D eigenvalue weighted by atomic mass is 9.95. The third kappa shape index (κ3) is 8.40. The maximum Gasteiger partial charge on any atom is 0.338 e. The van der Waals surface area contributed by atoms with E-state index in [4.69, 9.17) is 46.9 Å². The van der Waals surface area contributed by atoms with Crippen LogP contribution in [-0.2, 0) is 20.9 Å². The Kier molecular flexibility index (Phi) is 11.7. The lowest BCUT2D eigenvalue weighted by molar-refractivity contribution is -0.139. The molecule has 0 fully saturated rings. The van der Waals surface area contributed by atoms with Gasteiger partial charge in [0.1, 0.15) is 6.61 Å². The maximum atomic E-state index is 12.6. The molecule has 46 heavy (non-hydrogen) atoms. The van der Waals surface area contributed by atoms with Crippen LogP contribution in [0, 0.1) is 0 Å². The molecule has 0 saturated heterocycles. The van der Waals surface area contributed by atoms with Gasteiger partial charge in [-0.15, -0.1) is 0 Å². The molecule has 1 atom stereocenters. The molecule has 3 aromatic carbocycles. The fraction of sp³-hybridized carbons (Fsp3) is 0.250. The smallest absolute Gasteiger partial charge is 0.338 e. The van der Waals surface area contributed by atoms with Crippen LogP contribution in [0.5, 0.6) is 23.0 Å². The van der Waals surface area contributed by atoms with Crippen LogP contribution in [0.2, 0.25) is 10.0 Å². The van der Waals surface area contributed by atoms with Gasteiger partial charge in [-0.25, -0.2) is 15.0 Å². The highest BCUT2D eigenvalue weighted by atomic mass is 35.5. The van der Waals surface area contributed by atoms with Crippen molar-refractivity contribution in [2.24, 2.45) is 5.10 Å². The van der Waals surface area contributed by atoms with E-state index in [1.165, 1.54) is 20.4 Å². The van der Waals surface area contributed by atoms with E-state index in [0.717, 1.165) is 5.56 Å². The Balaban J connectivity index is 1.41. The number of rotatable bonds is 13. The van der Waals surface area contributed by atoms with Crippen LogP contribution < -0.4 is 35.0 Å². The standard InChI is InChI=1S/C32H32Cl2N4O8/c1-5-44-31(40)28-18(2)36-32(41)37-29(28)20-10-12-24(26(14-20)43-4)45-17-27(39)38-35-15-21-7-6-8-25(42-3)30(21)46-16-19-9-11-22(33)23(34)13-19/h6-15,29H,5,16-17H2,1-4H3,(H,38,39)(H2,36,37,41)/b35-15+/t29-/m1/s1. The van der Waals surface area contributed by atoms with E-state index in [0.29, 0.717) is 38.4 Å². The molecule has 0 saturated carbocycles. The molecule has 1 aliphatic rings. The van der Waals surface area contributed by atoms with Crippen LogP contribution in [0.1, 0.15) is 36.6 Å². The molecular weight excluding hydrogens is 639 g/mol. The van der Waals surface area contributed by atoms with Gasteiger partial charge in [-0.2, -0.15) is 5.10 Å². The van der Waals surface area contributed by atoms with Gasteiger partial charge in [0, 0.05) is 11.3 Å². The minimum absolute atomic E-state index is 0.174. The predicted octanol–water partition coefficient (Wildman–Crippen LogP) is 5.31. The molecular formula is C32H32Cl2N4O8. The van der Waals surface area contributed by atoms with E-state index in [1.807, 2.05) is 0 Å². The minimum atomic E-state index is -0.789. The van der Waals surface area contributed by atoms with Crippen LogP contribution in [-0.4, -0.2) is 51.6 Å². The first-order chi connectivity index (χ1) is 22.1. The van der Waals surface area contributed by atoms with Crippen LogP contribution in [0.25, 0.3) is 0 Å². The number of methoxy groups -OCH3 is 2. The molecule has 3 amide bonds. The Bertz CT molecular complexity index is 1680. The molecule has 4 rings (SSSR count). The van der Waals surface area contributed by atoms with Crippen LogP contribution in [0.4, 0.5) is 4.79 Å². The number of hydrazone groups is 1. The number of benzene rings is 3. The zero-order valence-electron chi connectivity index (χ0n) is 25.4. The number of para-hydroxylation sites is 1. The molecule has 12 nitrogen and oxygen atoms in total. The van der Waals surface area contributed by atoms with Gasteiger partial charge in [-0.3, -0.25) is 4.79 Å². The SMILES string of the molecule is CCOC(=O)C1=C(C)NC(=O)N[C@@H]1c1ccc(OCC(=O)N/N=C/c2cccc(OC)c2OCc2ccc(Cl)c(Cl)c2)c(OC)c1. The fourth-order valence-corrected chi connectivity index (χ4v) is 4.81. The van der Waals surface area contributed by atoms with E-state index in [1.54, 1.807) is 68.4 Å². The summed E-state index contributed by atoms with van der Waals surface area (Å²) >= 11 is 12.1. The Labute approximate surface area is 275 Å². The molecule has 0 aliphatic carbocycles. The van der Waals surface area contributed by atoms with E-state index in [2.05, 4.69) is 21.2 Å². The lowest BCUT2D eigenvalue weighted by Gasteiger charge is -2.28. The maximum absolute atomic E-state index is 12.6. The molecule has 1 aliphatic heterocycles.